The van der Waals surface area contributed by atoms with E-state index in [9.17, 15) is 4.39 Å². The minimum atomic E-state index is -0.214. The van der Waals surface area contributed by atoms with Gasteiger partial charge in [-0.2, -0.15) is 0 Å². The largest absolute Gasteiger partial charge is 0.315 e. The molecular formula is C10H13FN2S. The summed E-state index contributed by atoms with van der Waals surface area (Å²) in [6.07, 6.45) is 4.18. The SMILES string of the molecule is Cc1ncc(N2CCCCS2)cc1F. The molecule has 14 heavy (non-hydrogen) atoms. The fraction of sp³-hybridized carbons (Fsp3) is 0.500. The lowest BCUT2D eigenvalue weighted by molar-refractivity contribution is 0.609. The highest BCUT2D eigenvalue weighted by Crippen LogP contribution is 2.27. The van der Waals surface area contributed by atoms with Crippen LogP contribution in [-0.2, 0) is 0 Å². The van der Waals surface area contributed by atoms with Crippen LogP contribution in [0.1, 0.15) is 18.5 Å². The molecule has 0 amide bonds. The molecule has 0 unspecified atom stereocenters. The van der Waals surface area contributed by atoms with E-state index in [1.54, 1.807) is 31.1 Å². The van der Waals surface area contributed by atoms with Crippen LogP contribution in [0.15, 0.2) is 12.3 Å². The first-order valence-corrected chi connectivity index (χ1v) is 5.74. The van der Waals surface area contributed by atoms with Crippen LogP contribution in [0.5, 0.6) is 0 Å². The Labute approximate surface area is 87.7 Å². The van der Waals surface area contributed by atoms with Gasteiger partial charge in [0.05, 0.1) is 17.6 Å². The Morgan fingerprint density at radius 3 is 3.00 bits per heavy atom. The third-order valence-electron chi connectivity index (χ3n) is 2.30. The molecule has 0 saturated carbocycles. The molecule has 1 aromatic heterocycles. The highest BCUT2D eigenvalue weighted by Gasteiger charge is 2.13. The zero-order valence-electron chi connectivity index (χ0n) is 8.16. The van der Waals surface area contributed by atoms with Crippen molar-refractivity contribution in [2.24, 2.45) is 0 Å². The predicted molar refractivity (Wildman–Crippen MR) is 58.0 cm³/mol. The normalized spacial score (nSPS) is 17.1. The first kappa shape index (κ1) is 9.77. The molecule has 1 saturated heterocycles. The molecule has 4 heteroatoms. The summed E-state index contributed by atoms with van der Waals surface area (Å²) in [6, 6.07) is 1.57. The summed E-state index contributed by atoms with van der Waals surface area (Å²) >= 11 is 1.76. The number of nitrogens with zero attached hydrogens (tertiary/aromatic N) is 2. The number of pyridine rings is 1. The zero-order valence-corrected chi connectivity index (χ0v) is 8.98. The Morgan fingerprint density at radius 1 is 1.50 bits per heavy atom. The van der Waals surface area contributed by atoms with Gasteiger partial charge in [-0.15, -0.1) is 0 Å². The summed E-state index contributed by atoms with van der Waals surface area (Å²) in [5.74, 6) is 0.906. The van der Waals surface area contributed by atoms with Gasteiger partial charge >= 0.3 is 0 Å². The van der Waals surface area contributed by atoms with Gasteiger partial charge in [-0.1, -0.05) is 0 Å². The van der Waals surface area contributed by atoms with E-state index >= 15 is 0 Å². The number of rotatable bonds is 1. The van der Waals surface area contributed by atoms with Crippen molar-refractivity contribution >= 4 is 17.6 Å². The number of hydrogen-bond donors (Lipinski definition) is 0. The van der Waals surface area contributed by atoms with Crippen molar-refractivity contribution in [1.82, 2.24) is 4.98 Å². The summed E-state index contributed by atoms with van der Waals surface area (Å²) in [5.41, 5.74) is 1.36. The maximum atomic E-state index is 13.2. The molecule has 2 nitrogen and oxygen atoms in total. The van der Waals surface area contributed by atoms with Crippen molar-refractivity contribution in [3.8, 4) is 0 Å². The van der Waals surface area contributed by atoms with Crippen LogP contribution in [-0.4, -0.2) is 17.3 Å². The topological polar surface area (TPSA) is 16.1 Å². The summed E-state index contributed by atoms with van der Waals surface area (Å²) in [7, 11) is 0. The van der Waals surface area contributed by atoms with Gasteiger partial charge in [0.2, 0.25) is 0 Å². The van der Waals surface area contributed by atoms with Gasteiger partial charge < -0.3 is 4.31 Å². The fourth-order valence-corrected chi connectivity index (χ4v) is 2.49. The van der Waals surface area contributed by atoms with Gasteiger partial charge in [0.25, 0.3) is 0 Å². The quantitative estimate of drug-likeness (QED) is 0.666. The zero-order chi connectivity index (χ0) is 9.97. The molecule has 1 aliphatic rings. The minimum Gasteiger partial charge on any atom is -0.315 e. The molecule has 1 aliphatic heterocycles. The summed E-state index contributed by atoms with van der Waals surface area (Å²) in [4.78, 5) is 4.02. The van der Waals surface area contributed by atoms with Crippen LogP contribution in [0, 0.1) is 12.7 Å². The van der Waals surface area contributed by atoms with E-state index in [1.165, 1.54) is 12.8 Å². The van der Waals surface area contributed by atoms with Crippen LogP contribution in [0.25, 0.3) is 0 Å². The lowest BCUT2D eigenvalue weighted by atomic mass is 10.3. The number of halogens is 1. The first-order valence-electron chi connectivity index (χ1n) is 4.80. The smallest absolute Gasteiger partial charge is 0.146 e. The Hall–Kier alpha value is -0.770. The molecule has 2 heterocycles. The fourth-order valence-electron chi connectivity index (χ4n) is 1.43. The van der Waals surface area contributed by atoms with Crippen LogP contribution in [0.3, 0.4) is 0 Å². The van der Waals surface area contributed by atoms with Gasteiger partial charge in [-0.05, 0) is 31.7 Å². The molecule has 0 aromatic carbocycles. The summed E-state index contributed by atoms with van der Waals surface area (Å²) in [6.45, 7) is 2.68. The third kappa shape index (κ3) is 2.00. The molecule has 1 fully saturated rings. The molecular weight excluding hydrogens is 199 g/mol. The van der Waals surface area contributed by atoms with Crippen molar-refractivity contribution in [2.75, 3.05) is 16.6 Å². The standard InChI is InChI=1S/C10H13FN2S/c1-8-10(11)6-9(7-12-8)13-4-2-3-5-14-13/h6-7H,2-5H2,1H3. The first-order chi connectivity index (χ1) is 6.77. The molecule has 0 spiro atoms. The van der Waals surface area contributed by atoms with E-state index in [2.05, 4.69) is 9.29 Å². The molecule has 1 aromatic rings. The number of aromatic nitrogens is 1. The second-order valence-corrected chi connectivity index (χ2v) is 4.51. The van der Waals surface area contributed by atoms with Crippen LogP contribution < -0.4 is 4.31 Å². The average Bonchev–Trinajstić information content (AvgIpc) is 2.23. The molecule has 2 rings (SSSR count). The maximum absolute atomic E-state index is 13.2. The second kappa shape index (κ2) is 4.17. The molecule has 0 atom stereocenters. The van der Waals surface area contributed by atoms with Crippen molar-refractivity contribution in [2.45, 2.75) is 19.8 Å². The highest BCUT2D eigenvalue weighted by atomic mass is 32.2. The van der Waals surface area contributed by atoms with Gasteiger partial charge in [0, 0.05) is 18.4 Å². The predicted octanol–water partition coefficient (Wildman–Crippen LogP) is 2.78. The number of anilines is 1. The second-order valence-electron chi connectivity index (χ2n) is 3.40. The van der Waals surface area contributed by atoms with E-state index < -0.39 is 0 Å². The molecule has 0 bridgehead atoms. The van der Waals surface area contributed by atoms with E-state index in [0.29, 0.717) is 5.69 Å². The van der Waals surface area contributed by atoms with Crippen LogP contribution in [0.4, 0.5) is 10.1 Å². The Bertz CT molecular complexity index is 324. The van der Waals surface area contributed by atoms with E-state index in [-0.39, 0.29) is 5.82 Å². The number of aryl methyl sites for hydroxylation is 1. The highest BCUT2D eigenvalue weighted by molar-refractivity contribution is 8.00. The van der Waals surface area contributed by atoms with Gasteiger partial charge in [-0.3, -0.25) is 4.98 Å². The van der Waals surface area contributed by atoms with Crippen molar-refractivity contribution in [3.63, 3.8) is 0 Å². The van der Waals surface area contributed by atoms with Crippen LogP contribution in [0.2, 0.25) is 0 Å². The van der Waals surface area contributed by atoms with Gasteiger partial charge in [0.1, 0.15) is 5.82 Å². The Balaban J connectivity index is 2.18. The van der Waals surface area contributed by atoms with E-state index in [1.807, 2.05) is 0 Å². The molecule has 0 radical (unpaired) electrons. The van der Waals surface area contributed by atoms with Crippen molar-refractivity contribution in [1.29, 1.82) is 0 Å². The van der Waals surface area contributed by atoms with Gasteiger partial charge in [0.15, 0.2) is 0 Å². The molecule has 0 N–H and O–H groups in total. The molecule has 76 valence electrons. The Morgan fingerprint density at radius 2 is 2.36 bits per heavy atom. The monoisotopic (exact) mass is 212 g/mol. The average molecular weight is 212 g/mol. The van der Waals surface area contributed by atoms with E-state index in [0.717, 1.165) is 18.0 Å². The van der Waals surface area contributed by atoms with E-state index in [4.69, 9.17) is 0 Å². The van der Waals surface area contributed by atoms with Gasteiger partial charge in [-0.25, -0.2) is 4.39 Å². The lowest BCUT2D eigenvalue weighted by Gasteiger charge is -2.26. The summed E-state index contributed by atoms with van der Waals surface area (Å²) < 4.78 is 15.4. The summed E-state index contributed by atoms with van der Waals surface area (Å²) in [5, 5.41) is 0. The van der Waals surface area contributed by atoms with Crippen molar-refractivity contribution < 1.29 is 4.39 Å². The maximum Gasteiger partial charge on any atom is 0.146 e. The third-order valence-corrected chi connectivity index (χ3v) is 3.48. The lowest BCUT2D eigenvalue weighted by Crippen LogP contribution is -2.21. The van der Waals surface area contributed by atoms with Crippen LogP contribution >= 0.6 is 11.9 Å². The Kier molecular flexibility index (Phi) is 2.91. The number of hydrogen-bond acceptors (Lipinski definition) is 3. The molecule has 0 aliphatic carbocycles. The minimum absolute atomic E-state index is 0.214. The van der Waals surface area contributed by atoms with Crippen molar-refractivity contribution in [3.05, 3.63) is 23.8 Å².